The van der Waals surface area contributed by atoms with Crippen LogP contribution in [0, 0.1) is 9.49 Å². The molecule has 0 saturated heterocycles. The first-order valence-corrected chi connectivity index (χ1v) is 5.21. The second-order valence-electron chi connectivity index (χ2n) is 3.30. The van der Waals surface area contributed by atoms with E-state index in [1.165, 1.54) is 22.0 Å². The number of aromatic nitrogens is 1. The number of nitrogens with zero attached hydrogens (tertiary/aromatic N) is 1. The monoisotopic (exact) mass is 274 g/mol. The van der Waals surface area contributed by atoms with Gasteiger partial charge in [-0.25, -0.2) is 0 Å². The van der Waals surface area contributed by atoms with E-state index >= 15 is 0 Å². The summed E-state index contributed by atoms with van der Waals surface area (Å²) in [6.45, 7) is 0. The Morgan fingerprint density at radius 1 is 1.50 bits per heavy atom. The van der Waals surface area contributed by atoms with Gasteiger partial charge in [0.1, 0.15) is 0 Å². The van der Waals surface area contributed by atoms with Crippen LogP contribution in [0.5, 0.6) is 0 Å². The van der Waals surface area contributed by atoms with Gasteiger partial charge in [-0.05, 0) is 53.0 Å². The molecule has 1 aromatic heterocycles. The van der Waals surface area contributed by atoms with Crippen molar-refractivity contribution in [3.05, 3.63) is 27.6 Å². The van der Waals surface area contributed by atoms with E-state index < -0.39 is 0 Å². The maximum atomic E-state index is 6.03. The first kappa shape index (κ1) is 8.44. The van der Waals surface area contributed by atoms with Crippen LogP contribution in [0.4, 0.5) is 0 Å². The Bertz CT molecular complexity index is 284. The molecule has 1 fully saturated rings. The molecule has 1 saturated carbocycles. The van der Waals surface area contributed by atoms with Crippen molar-refractivity contribution < 1.29 is 0 Å². The van der Waals surface area contributed by atoms with Crippen molar-refractivity contribution in [1.82, 2.24) is 4.98 Å². The molecule has 2 N–H and O–H groups in total. The first-order valence-electron chi connectivity index (χ1n) is 4.13. The molecule has 3 heteroatoms. The molecule has 0 aliphatic heterocycles. The van der Waals surface area contributed by atoms with Crippen molar-refractivity contribution in [2.24, 2.45) is 11.7 Å². The van der Waals surface area contributed by atoms with Gasteiger partial charge in [-0.2, -0.15) is 0 Å². The van der Waals surface area contributed by atoms with Crippen LogP contribution in [0.2, 0.25) is 0 Å². The summed E-state index contributed by atoms with van der Waals surface area (Å²) < 4.78 is 1.17. The number of rotatable bonds is 2. The second-order valence-corrected chi connectivity index (χ2v) is 4.55. The Morgan fingerprint density at radius 3 is 2.83 bits per heavy atom. The average Bonchev–Trinajstić information content (AvgIpc) is 2.85. The lowest BCUT2D eigenvalue weighted by Crippen LogP contribution is -2.12. The summed E-state index contributed by atoms with van der Waals surface area (Å²) in [6.07, 6.45) is 6.30. The fourth-order valence-corrected chi connectivity index (χ4v) is 1.86. The zero-order valence-corrected chi connectivity index (χ0v) is 8.86. The van der Waals surface area contributed by atoms with Crippen LogP contribution in [0.3, 0.4) is 0 Å². The molecule has 1 atom stereocenters. The Hall–Kier alpha value is -0.160. The number of pyridine rings is 1. The third kappa shape index (κ3) is 1.77. The summed E-state index contributed by atoms with van der Waals surface area (Å²) in [5.41, 5.74) is 7.21. The molecule has 2 rings (SSSR count). The van der Waals surface area contributed by atoms with Crippen LogP contribution in [0.1, 0.15) is 24.4 Å². The van der Waals surface area contributed by atoms with Gasteiger partial charge in [0.15, 0.2) is 0 Å². The molecule has 1 unspecified atom stereocenters. The summed E-state index contributed by atoms with van der Waals surface area (Å²) >= 11 is 2.26. The van der Waals surface area contributed by atoms with E-state index in [0.717, 1.165) is 0 Å². The van der Waals surface area contributed by atoms with Gasteiger partial charge in [0.25, 0.3) is 0 Å². The molecule has 12 heavy (non-hydrogen) atoms. The Balaban J connectivity index is 2.20. The van der Waals surface area contributed by atoms with Gasteiger partial charge in [-0.15, -0.1) is 0 Å². The van der Waals surface area contributed by atoms with E-state index in [2.05, 4.69) is 33.6 Å². The third-order valence-corrected chi connectivity index (χ3v) is 2.83. The highest BCUT2D eigenvalue weighted by Crippen LogP contribution is 2.39. The molecular weight excluding hydrogens is 263 g/mol. The first-order chi connectivity index (χ1) is 5.77. The molecule has 0 bridgehead atoms. The minimum absolute atomic E-state index is 0.215. The third-order valence-electron chi connectivity index (χ3n) is 2.24. The van der Waals surface area contributed by atoms with Gasteiger partial charge < -0.3 is 5.73 Å². The lowest BCUT2D eigenvalue weighted by Gasteiger charge is -2.09. The van der Waals surface area contributed by atoms with Gasteiger partial charge >= 0.3 is 0 Å². The maximum absolute atomic E-state index is 6.03. The van der Waals surface area contributed by atoms with Crippen molar-refractivity contribution in [3.8, 4) is 0 Å². The standard InChI is InChI=1S/C9H11IN2/c10-8-3-7(4-12-5-8)9(11)6-1-2-6/h3-6,9H,1-2,11H2. The van der Waals surface area contributed by atoms with Gasteiger partial charge in [0.05, 0.1) is 0 Å². The van der Waals surface area contributed by atoms with Gasteiger partial charge in [-0.3, -0.25) is 4.98 Å². The van der Waals surface area contributed by atoms with Crippen molar-refractivity contribution in [2.75, 3.05) is 0 Å². The Labute approximate surface area is 85.7 Å². The molecule has 1 aliphatic carbocycles. The molecule has 0 radical (unpaired) electrons. The summed E-state index contributed by atoms with van der Waals surface area (Å²) in [6, 6.07) is 2.34. The number of halogens is 1. The fourth-order valence-electron chi connectivity index (χ4n) is 1.34. The van der Waals surface area contributed by atoms with Gasteiger partial charge in [-0.1, -0.05) is 0 Å². The highest BCUT2D eigenvalue weighted by Gasteiger charge is 2.29. The molecule has 0 spiro atoms. The lowest BCUT2D eigenvalue weighted by molar-refractivity contribution is 0.630. The maximum Gasteiger partial charge on any atom is 0.0401 e. The number of hydrogen-bond acceptors (Lipinski definition) is 2. The minimum atomic E-state index is 0.215. The highest BCUT2D eigenvalue weighted by molar-refractivity contribution is 14.1. The topological polar surface area (TPSA) is 38.9 Å². The lowest BCUT2D eigenvalue weighted by atomic mass is 10.1. The summed E-state index contributed by atoms with van der Waals surface area (Å²) in [4.78, 5) is 4.13. The molecule has 0 amide bonds. The number of hydrogen-bond donors (Lipinski definition) is 1. The summed E-state index contributed by atoms with van der Waals surface area (Å²) in [5, 5.41) is 0. The van der Waals surface area contributed by atoms with Crippen LogP contribution in [-0.4, -0.2) is 4.98 Å². The molecule has 1 aliphatic rings. The van der Waals surface area contributed by atoms with E-state index in [1.807, 2.05) is 12.4 Å². The van der Waals surface area contributed by atoms with Crippen molar-refractivity contribution in [3.63, 3.8) is 0 Å². The zero-order chi connectivity index (χ0) is 8.55. The van der Waals surface area contributed by atoms with E-state index in [9.17, 15) is 0 Å². The minimum Gasteiger partial charge on any atom is -0.324 e. The van der Waals surface area contributed by atoms with Gasteiger partial charge in [0, 0.05) is 22.0 Å². The fraction of sp³-hybridized carbons (Fsp3) is 0.444. The van der Waals surface area contributed by atoms with Crippen LogP contribution >= 0.6 is 22.6 Å². The van der Waals surface area contributed by atoms with Crippen LogP contribution in [0.25, 0.3) is 0 Å². The quantitative estimate of drug-likeness (QED) is 0.839. The predicted octanol–water partition coefficient (Wildman–Crippen LogP) is 2.10. The summed E-state index contributed by atoms with van der Waals surface area (Å²) in [7, 11) is 0. The van der Waals surface area contributed by atoms with Gasteiger partial charge in [0.2, 0.25) is 0 Å². The number of nitrogens with two attached hydrogens (primary N) is 1. The normalized spacial score (nSPS) is 19.2. The van der Waals surface area contributed by atoms with E-state index in [-0.39, 0.29) is 6.04 Å². The van der Waals surface area contributed by atoms with E-state index in [1.54, 1.807) is 0 Å². The molecule has 1 heterocycles. The average molecular weight is 274 g/mol. The van der Waals surface area contributed by atoms with E-state index in [0.29, 0.717) is 5.92 Å². The Kier molecular flexibility index (Phi) is 2.32. The SMILES string of the molecule is NC(c1cncc(I)c1)C1CC1. The van der Waals surface area contributed by atoms with Crippen LogP contribution in [-0.2, 0) is 0 Å². The summed E-state index contributed by atoms with van der Waals surface area (Å²) in [5.74, 6) is 0.713. The van der Waals surface area contributed by atoms with Crippen molar-refractivity contribution in [1.29, 1.82) is 0 Å². The molecular formula is C9H11IN2. The zero-order valence-electron chi connectivity index (χ0n) is 6.70. The molecule has 2 nitrogen and oxygen atoms in total. The van der Waals surface area contributed by atoms with E-state index in [4.69, 9.17) is 5.73 Å². The molecule has 0 aromatic carbocycles. The largest absolute Gasteiger partial charge is 0.324 e. The Morgan fingerprint density at radius 2 is 2.25 bits per heavy atom. The van der Waals surface area contributed by atoms with Crippen molar-refractivity contribution in [2.45, 2.75) is 18.9 Å². The van der Waals surface area contributed by atoms with Crippen molar-refractivity contribution >= 4 is 22.6 Å². The molecule has 1 aromatic rings. The van der Waals surface area contributed by atoms with Crippen LogP contribution in [0.15, 0.2) is 18.5 Å². The van der Waals surface area contributed by atoms with Crippen LogP contribution < -0.4 is 5.73 Å². The predicted molar refractivity (Wildman–Crippen MR) is 56.6 cm³/mol. The highest BCUT2D eigenvalue weighted by atomic mass is 127. The molecule has 64 valence electrons. The smallest absolute Gasteiger partial charge is 0.0401 e. The second kappa shape index (κ2) is 3.30.